The Morgan fingerprint density at radius 3 is 2.56 bits per heavy atom. The van der Waals surface area contributed by atoms with Crippen LogP contribution in [-0.2, 0) is 6.54 Å². The largest absolute Gasteiger partial charge is 0.491 e. The maximum Gasteiger partial charge on any atom is 0.119 e. The van der Waals surface area contributed by atoms with Crippen LogP contribution in [0.3, 0.4) is 0 Å². The molecule has 1 atom stereocenters. The molecule has 1 N–H and O–H groups in total. The number of aryl methyl sites for hydroxylation is 2. The van der Waals surface area contributed by atoms with Crippen molar-refractivity contribution >= 4 is 0 Å². The molecule has 0 spiro atoms. The van der Waals surface area contributed by atoms with Gasteiger partial charge >= 0.3 is 0 Å². The molecule has 1 aliphatic rings. The molecule has 0 radical (unpaired) electrons. The molecule has 1 saturated heterocycles. The zero-order chi connectivity index (χ0) is 17.6. The average Bonchev–Trinajstić information content (AvgIpc) is 2.93. The molecule has 2 aromatic rings. The van der Waals surface area contributed by atoms with Crippen molar-refractivity contribution in [3.63, 3.8) is 0 Å². The Kier molecular flexibility index (Phi) is 6.10. The summed E-state index contributed by atoms with van der Waals surface area (Å²) in [5, 5.41) is 14.8. The van der Waals surface area contributed by atoms with Gasteiger partial charge in [0.1, 0.15) is 18.5 Å². The third-order valence-corrected chi connectivity index (χ3v) is 4.90. The van der Waals surface area contributed by atoms with E-state index in [1.54, 1.807) is 0 Å². The van der Waals surface area contributed by atoms with Crippen LogP contribution in [0.1, 0.15) is 24.2 Å². The van der Waals surface area contributed by atoms with Gasteiger partial charge < -0.3 is 14.7 Å². The van der Waals surface area contributed by atoms with Gasteiger partial charge in [-0.15, -0.1) is 0 Å². The predicted molar refractivity (Wildman–Crippen MR) is 98.8 cm³/mol. The topological polar surface area (TPSA) is 50.5 Å². The number of ether oxygens (including phenoxy) is 1. The monoisotopic (exact) mass is 343 g/mol. The molecule has 1 aromatic carbocycles. The van der Waals surface area contributed by atoms with Crippen molar-refractivity contribution in [2.24, 2.45) is 5.92 Å². The van der Waals surface area contributed by atoms with E-state index < -0.39 is 6.10 Å². The van der Waals surface area contributed by atoms with E-state index in [-0.39, 0.29) is 0 Å². The lowest BCUT2D eigenvalue weighted by atomic mass is 9.96. The predicted octanol–water partition coefficient (Wildman–Crippen LogP) is 2.65. The average molecular weight is 343 g/mol. The Bertz CT molecular complexity index is 648. The SMILES string of the molecule is Cc1cc(C)n(CC2CCN(CC(O)COc3ccccc3)CC2)n1. The standard InChI is InChI=1S/C20H29N3O2/c1-16-12-17(2)23(21-16)13-18-8-10-22(11-9-18)14-19(24)15-25-20-6-4-3-5-7-20/h3-7,12,18-19,24H,8-11,13-15H2,1-2H3. The van der Waals surface area contributed by atoms with E-state index >= 15 is 0 Å². The van der Waals surface area contributed by atoms with E-state index in [1.807, 2.05) is 37.3 Å². The van der Waals surface area contributed by atoms with E-state index in [2.05, 4.69) is 27.7 Å². The van der Waals surface area contributed by atoms with Crippen molar-refractivity contribution in [2.45, 2.75) is 39.3 Å². The number of nitrogens with zero attached hydrogens (tertiary/aromatic N) is 3. The maximum atomic E-state index is 10.2. The van der Waals surface area contributed by atoms with E-state index in [4.69, 9.17) is 4.74 Å². The second-order valence-electron chi connectivity index (χ2n) is 7.13. The zero-order valence-electron chi connectivity index (χ0n) is 15.3. The third-order valence-electron chi connectivity index (χ3n) is 4.90. The Balaban J connectivity index is 1.38. The first-order valence-corrected chi connectivity index (χ1v) is 9.19. The maximum absolute atomic E-state index is 10.2. The summed E-state index contributed by atoms with van der Waals surface area (Å²) in [6, 6.07) is 11.8. The molecule has 25 heavy (non-hydrogen) atoms. The van der Waals surface area contributed by atoms with Crippen LogP contribution in [0, 0.1) is 19.8 Å². The number of rotatable bonds is 7. The van der Waals surface area contributed by atoms with Gasteiger partial charge in [0.25, 0.3) is 0 Å². The Morgan fingerprint density at radius 2 is 1.92 bits per heavy atom. The van der Waals surface area contributed by atoms with Crippen molar-refractivity contribution in [1.82, 2.24) is 14.7 Å². The molecule has 1 aromatic heterocycles. The molecule has 0 amide bonds. The summed E-state index contributed by atoms with van der Waals surface area (Å²) in [6.07, 6.45) is 1.86. The van der Waals surface area contributed by atoms with Crippen LogP contribution in [0.4, 0.5) is 0 Å². The van der Waals surface area contributed by atoms with Crippen LogP contribution >= 0.6 is 0 Å². The van der Waals surface area contributed by atoms with Gasteiger partial charge in [-0.2, -0.15) is 5.10 Å². The lowest BCUT2D eigenvalue weighted by molar-refractivity contribution is 0.0533. The lowest BCUT2D eigenvalue weighted by Gasteiger charge is -2.33. The summed E-state index contributed by atoms with van der Waals surface area (Å²) in [5.74, 6) is 1.48. The molecule has 0 saturated carbocycles. The number of hydrogen-bond acceptors (Lipinski definition) is 4. The minimum atomic E-state index is -0.451. The van der Waals surface area contributed by atoms with Crippen LogP contribution in [0.2, 0.25) is 0 Å². The number of likely N-dealkylation sites (tertiary alicyclic amines) is 1. The second-order valence-corrected chi connectivity index (χ2v) is 7.13. The van der Waals surface area contributed by atoms with Crippen LogP contribution in [0.15, 0.2) is 36.4 Å². The Morgan fingerprint density at radius 1 is 1.20 bits per heavy atom. The van der Waals surface area contributed by atoms with Crippen LogP contribution in [-0.4, -0.2) is 52.1 Å². The molecular formula is C20H29N3O2. The van der Waals surface area contributed by atoms with Gasteiger partial charge in [-0.1, -0.05) is 18.2 Å². The first-order valence-electron chi connectivity index (χ1n) is 9.19. The fourth-order valence-corrected chi connectivity index (χ4v) is 3.52. The molecule has 5 heteroatoms. The summed E-state index contributed by atoms with van der Waals surface area (Å²) in [6.45, 7) is 8.27. The summed E-state index contributed by atoms with van der Waals surface area (Å²) in [4.78, 5) is 2.34. The molecule has 2 heterocycles. The minimum absolute atomic E-state index is 0.343. The summed E-state index contributed by atoms with van der Waals surface area (Å²) >= 11 is 0. The highest BCUT2D eigenvalue weighted by molar-refractivity contribution is 5.20. The van der Waals surface area contributed by atoms with Crippen molar-refractivity contribution in [3.8, 4) is 5.75 Å². The smallest absolute Gasteiger partial charge is 0.119 e. The van der Waals surface area contributed by atoms with Crippen molar-refractivity contribution in [3.05, 3.63) is 47.8 Å². The van der Waals surface area contributed by atoms with Gasteiger partial charge in [-0.05, 0) is 63.9 Å². The molecule has 0 aliphatic carbocycles. The Hall–Kier alpha value is -1.85. The van der Waals surface area contributed by atoms with E-state index in [1.165, 1.54) is 5.69 Å². The fraction of sp³-hybridized carbons (Fsp3) is 0.550. The molecule has 0 bridgehead atoms. The molecule has 5 nitrogen and oxygen atoms in total. The molecular weight excluding hydrogens is 314 g/mol. The normalized spacial score (nSPS) is 17.6. The number of piperidine rings is 1. The molecule has 1 aliphatic heterocycles. The van der Waals surface area contributed by atoms with Crippen molar-refractivity contribution < 1.29 is 9.84 Å². The van der Waals surface area contributed by atoms with E-state index in [0.29, 0.717) is 19.1 Å². The van der Waals surface area contributed by atoms with Crippen LogP contribution in [0.5, 0.6) is 5.75 Å². The number of aliphatic hydroxyl groups is 1. The molecule has 1 unspecified atom stereocenters. The second kappa shape index (κ2) is 8.50. The number of aromatic nitrogens is 2. The number of β-amino-alcohol motifs (C(OH)–C–C–N with tert-alkyl or cyclic N) is 1. The third kappa shape index (κ3) is 5.31. The number of hydrogen-bond donors (Lipinski definition) is 1. The summed E-state index contributed by atoms with van der Waals surface area (Å²) in [5.41, 5.74) is 2.34. The molecule has 3 rings (SSSR count). The van der Waals surface area contributed by atoms with Crippen LogP contribution < -0.4 is 4.74 Å². The number of benzene rings is 1. The summed E-state index contributed by atoms with van der Waals surface area (Å²) in [7, 11) is 0. The van der Waals surface area contributed by atoms with Gasteiger partial charge in [-0.3, -0.25) is 4.68 Å². The van der Waals surface area contributed by atoms with Crippen LogP contribution in [0.25, 0.3) is 0 Å². The van der Waals surface area contributed by atoms with Crippen molar-refractivity contribution in [2.75, 3.05) is 26.2 Å². The van der Waals surface area contributed by atoms with Gasteiger partial charge in [0.15, 0.2) is 0 Å². The number of aliphatic hydroxyl groups excluding tert-OH is 1. The number of para-hydroxylation sites is 1. The van der Waals surface area contributed by atoms with Crippen molar-refractivity contribution in [1.29, 1.82) is 0 Å². The zero-order valence-corrected chi connectivity index (χ0v) is 15.3. The Labute approximate surface area is 150 Å². The minimum Gasteiger partial charge on any atom is -0.491 e. The highest BCUT2D eigenvalue weighted by atomic mass is 16.5. The highest BCUT2D eigenvalue weighted by Crippen LogP contribution is 2.20. The van der Waals surface area contributed by atoms with Gasteiger partial charge in [0.05, 0.1) is 5.69 Å². The first-order chi connectivity index (χ1) is 12.1. The summed E-state index contributed by atoms with van der Waals surface area (Å²) < 4.78 is 7.77. The quantitative estimate of drug-likeness (QED) is 0.840. The lowest BCUT2D eigenvalue weighted by Crippen LogP contribution is -2.41. The fourth-order valence-electron chi connectivity index (χ4n) is 3.52. The van der Waals surface area contributed by atoms with E-state index in [9.17, 15) is 5.11 Å². The highest BCUT2D eigenvalue weighted by Gasteiger charge is 2.22. The molecule has 136 valence electrons. The first kappa shape index (κ1) is 18.0. The van der Waals surface area contributed by atoms with Gasteiger partial charge in [0, 0.05) is 18.8 Å². The van der Waals surface area contributed by atoms with Gasteiger partial charge in [-0.25, -0.2) is 0 Å². The molecule has 1 fully saturated rings. The van der Waals surface area contributed by atoms with Gasteiger partial charge in [0.2, 0.25) is 0 Å². The van der Waals surface area contributed by atoms with E-state index in [0.717, 1.165) is 43.9 Å².